The number of anilines is 3. The fraction of sp³-hybridized carbons (Fsp3) is 0. The highest BCUT2D eigenvalue weighted by atomic mass is 79.9. The summed E-state index contributed by atoms with van der Waals surface area (Å²) in [6.45, 7) is 0. The molecule has 0 unspecified atom stereocenters. The van der Waals surface area contributed by atoms with Gasteiger partial charge in [0.1, 0.15) is 5.82 Å². The average molecular weight is 342 g/mol. The van der Waals surface area contributed by atoms with Gasteiger partial charge in [0.15, 0.2) is 0 Å². The van der Waals surface area contributed by atoms with Crippen LogP contribution in [-0.2, 0) is 0 Å². The number of nitrogens with zero attached hydrogens (tertiary/aromatic N) is 1. The van der Waals surface area contributed by atoms with Crippen LogP contribution in [-0.4, -0.2) is 10.9 Å². The molecule has 0 aliphatic carbocycles. The van der Waals surface area contributed by atoms with Gasteiger partial charge >= 0.3 is 0 Å². The van der Waals surface area contributed by atoms with Crippen molar-refractivity contribution in [2.75, 3.05) is 11.1 Å². The molecule has 0 fully saturated rings. The van der Waals surface area contributed by atoms with Crippen LogP contribution in [0.15, 0.2) is 34.9 Å². The van der Waals surface area contributed by atoms with Crippen molar-refractivity contribution in [1.82, 2.24) is 4.98 Å². The quantitative estimate of drug-likeness (QED) is 0.800. The van der Waals surface area contributed by atoms with Crippen LogP contribution in [0.25, 0.3) is 0 Å². The van der Waals surface area contributed by atoms with Crippen molar-refractivity contribution in [1.29, 1.82) is 0 Å². The number of nitrogens with one attached hydrogen (secondary N) is 1. The summed E-state index contributed by atoms with van der Waals surface area (Å²) in [5.74, 6) is -0.135. The molecule has 19 heavy (non-hydrogen) atoms. The molecule has 0 bridgehead atoms. The second-order valence-corrected chi connectivity index (χ2v) is 5.06. The van der Waals surface area contributed by atoms with Crippen LogP contribution in [0, 0.1) is 0 Å². The molecule has 2 aromatic rings. The molecule has 1 amide bonds. The van der Waals surface area contributed by atoms with E-state index in [1.165, 1.54) is 12.3 Å². The third-order valence-electron chi connectivity index (χ3n) is 2.39. The Morgan fingerprint density at radius 1 is 1.37 bits per heavy atom. The number of nitrogen functional groups attached to an aromatic ring is 1. The van der Waals surface area contributed by atoms with Crippen molar-refractivity contribution >= 4 is 50.6 Å². The molecule has 5 N–H and O–H groups in total. The van der Waals surface area contributed by atoms with Gasteiger partial charge in [-0.2, -0.15) is 0 Å². The molecule has 0 saturated carbocycles. The van der Waals surface area contributed by atoms with Crippen molar-refractivity contribution in [3.8, 4) is 0 Å². The van der Waals surface area contributed by atoms with Gasteiger partial charge in [-0.1, -0.05) is 11.6 Å². The minimum atomic E-state index is -0.599. The van der Waals surface area contributed by atoms with Crippen LogP contribution in [0.4, 0.5) is 17.2 Å². The number of amides is 1. The number of hydrogen-bond acceptors (Lipinski definition) is 4. The first kappa shape index (κ1) is 13.6. The summed E-state index contributed by atoms with van der Waals surface area (Å²) in [6, 6.07) is 6.77. The molecule has 1 heterocycles. The summed E-state index contributed by atoms with van der Waals surface area (Å²) >= 11 is 9.23. The number of nitrogens with two attached hydrogens (primary N) is 2. The van der Waals surface area contributed by atoms with Crippen molar-refractivity contribution in [2.45, 2.75) is 0 Å². The Bertz CT molecular complexity index is 648. The van der Waals surface area contributed by atoms with Crippen LogP contribution in [0.3, 0.4) is 0 Å². The highest BCUT2D eigenvalue weighted by Gasteiger charge is 2.09. The Morgan fingerprint density at radius 3 is 2.74 bits per heavy atom. The maximum atomic E-state index is 11.2. The Balaban J connectivity index is 2.33. The summed E-state index contributed by atoms with van der Waals surface area (Å²) in [7, 11) is 0. The first-order valence-corrected chi connectivity index (χ1v) is 6.42. The minimum absolute atomic E-state index is 0.225. The number of benzene rings is 1. The number of halogens is 2. The second-order valence-electron chi connectivity index (χ2n) is 3.77. The number of hydrogen-bond donors (Lipinski definition) is 3. The first-order valence-electron chi connectivity index (χ1n) is 5.25. The van der Waals surface area contributed by atoms with Gasteiger partial charge in [0.2, 0.25) is 0 Å². The first-order chi connectivity index (χ1) is 8.97. The maximum absolute atomic E-state index is 11.2. The molecular weight excluding hydrogens is 332 g/mol. The van der Waals surface area contributed by atoms with Crippen LogP contribution in [0.1, 0.15) is 10.4 Å². The lowest BCUT2D eigenvalue weighted by Crippen LogP contribution is -2.14. The van der Waals surface area contributed by atoms with E-state index in [-0.39, 0.29) is 11.3 Å². The Morgan fingerprint density at radius 2 is 2.11 bits per heavy atom. The standard InChI is InChI=1S/C12H10BrClN4O/c13-8-3-6(14)1-2-10(8)18-11-4-7(12(16)19)9(15)5-17-11/h1-5H,15H2,(H2,16,19)(H,17,18). The molecule has 0 atom stereocenters. The number of aromatic nitrogens is 1. The van der Waals surface area contributed by atoms with Crippen LogP contribution in [0.5, 0.6) is 0 Å². The lowest BCUT2D eigenvalue weighted by molar-refractivity contribution is 0.100. The van der Waals surface area contributed by atoms with Gasteiger partial charge < -0.3 is 16.8 Å². The van der Waals surface area contributed by atoms with Gasteiger partial charge in [-0.3, -0.25) is 4.79 Å². The Hall–Kier alpha value is -1.79. The molecule has 0 aliphatic heterocycles. The molecule has 7 heteroatoms. The van der Waals surface area contributed by atoms with Gasteiger partial charge in [0.25, 0.3) is 5.91 Å². The molecular formula is C12H10BrClN4O. The van der Waals surface area contributed by atoms with Crippen LogP contribution in [0.2, 0.25) is 5.02 Å². The number of rotatable bonds is 3. The molecule has 98 valence electrons. The predicted molar refractivity (Wildman–Crippen MR) is 79.6 cm³/mol. The smallest absolute Gasteiger partial charge is 0.250 e. The van der Waals surface area contributed by atoms with Gasteiger partial charge in [-0.25, -0.2) is 4.98 Å². The zero-order valence-corrected chi connectivity index (χ0v) is 12.0. The lowest BCUT2D eigenvalue weighted by atomic mass is 10.2. The van der Waals surface area contributed by atoms with Crippen molar-refractivity contribution in [3.63, 3.8) is 0 Å². The van der Waals surface area contributed by atoms with E-state index in [4.69, 9.17) is 23.1 Å². The minimum Gasteiger partial charge on any atom is -0.397 e. The number of carbonyl (C=O) groups is 1. The molecule has 0 radical (unpaired) electrons. The van der Waals surface area contributed by atoms with E-state index < -0.39 is 5.91 Å². The normalized spacial score (nSPS) is 10.2. The largest absolute Gasteiger partial charge is 0.397 e. The predicted octanol–water partition coefficient (Wildman–Crippen LogP) is 2.92. The van der Waals surface area contributed by atoms with Crippen molar-refractivity contribution in [2.24, 2.45) is 5.73 Å². The fourth-order valence-electron chi connectivity index (χ4n) is 1.48. The molecule has 0 saturated heterocycles. The van der Waals surface area contributed by atoms with Gasteiger partial charge in [0, 0.05) is 9.50 Å². The van der Waals surface area contributed by atoms with E-state index in [1.54, 1.807) is 18.2 Å². The zero-order valence-electron chi connectivity index (χ0n) is 9.65. The van der Waals surface area contributed by atoms with Gasteiger partial charge in [0.05, 0.1) is 23.1 Å². The second kappa shape index (κ2) is 5.46. The molecule has 1 aromatic heterocycles. The summed E-state index contributed by atoms with van der Waals surface area (Å²) < 4.78 is 0.777. The van der Waals surface area contributed by atoms with E-state index in [0.717, 1.165) is 10.2 Å². The highest BCUT2D eigenvalue weighted by Crippen LogP contribution is 2.28. The van der Waals surface area contributed by atoms with E-state index >= 15 is 0 Å². The van der Waals surface area contributed by atoms with E-state index in [9.17, 15) is 4.79 Å². The third kappa shape index (κ3) is 3.15. The zero-order chi connectivity index (χ0) is 14.0. The lowest BCUT2D eigenvalue weighted by Gasteiger charge is -2.09. The molecule has 0 aliphatic rings. The maximum Gasteiger partial charge on any atom is 0.250 e. The molecule has 5 nitrogen and oxygen atoms in total. The Kier molecular flexibility index (Phi) is 3.92. The van der Waals surface area contributed by atoms with Crippen LogP contribution < -0.4 is 16.8 Å². The summed E-state index contributed by atoms with van der Waals surface area (Å²) in [5.41, 5.74) is 12.1. The van der Waals surface area contributed by atoms with Gasteiger partial charge in [-0.05, 0) is 40.2 Å². The highest BCUT2D eigenvalue weighted by molar-refractivity contribution is 9.10. The third-order valence-corrected chi connectivity index (χ3v) is 3.29. The van der Waals surface area contributed by atoms with Crippen molar-refractivity contribution < 1.29 is 4.79 Å². The van der Waals surface area contributed by atoms with Crippen molar-refractivity contribution in [3.05, 3.63) is 45.5 Å². The number of carbonyl (C=O) groups excluding carboxylic acids is 1. The van der Waals surface area contributed by atoms with Gasteiger partial charge in [-0.15, -0.1) is 0 Å². The number of primary amides is 1. The monoisotopic (exact) mass is 340 g/mol. The fourth-order valence-corrected chi connectivity index (χ4v) is 2.26. The van der Waals surface area contributed by atoms with E-state index in [0.29, 0.717) is 10.8 Å². The summed E-state index contributed by atoms with van der Waals surface area (Å²) in [6.07, 6.45) is 1.38. The molecule has 1 aromatic carbocycles. The van der Waals surface area contributed by atoms with Crippen LogP contribution >= 0.6 is 27.5 Å². The van der Waals surface area contributed by atoms with E-state index in [1.807, 2.05) is 0 Å². The number of pyridine rings is 1. The van der Waals surface area contributed by atoms with E-state index in [2.05, 4.69) is 26.2 Å². The summed E-state index contributed by atoms with van der Waals surface area (Å²) in [5, 5.41) is 3.65. The Labute approximate surface area is 123 Å². The summed E-state index contributed by atoms with van der Waals surface area (Å²) in [4.78, 5) is 15.3. The topological polar surface area (TPSA) is 94.0 Å². The SMILES string of the molecule is NC(=O)c1cc(Nc2ccc(Cl)cc2Br)ncc1N. The molecule has 0 spiro atoms. The average Bonchev–Trinajstić information content (AvgIpc) is 2.34. The molecule has 2 rings (SSSR count).